The minimum Gasteiger partial charge on any atom is -0.506 e. The van der Waals surface area contributed by atoms with Crippen molar-refractivity contribution in [1.82, 2.24) is 14.5 Å². The van der Waals surface area contributed by atoms with Crippen molar-refractivity contribution in [1.29, 1.82) is 0 Å². The first-order valence-corrected chi connectivity index (χ1v) is 9.32. The maximum absolute atomic E-state index is 12.8. The zero-order valence-electron chi connectivity index (χ0n) is 15.9. The van der Waals surface area contributed by atoms with E-state index in [9.17, 15) is 18.3 Å². The minimum absolute atomic E-state index is 0.00418. The fourth-order valence-corrected chi connectivity index (χ4v) is 3.16. The number of nitrogen functional groups attached to an aromatic ring is 1. The number of nitrogens with two attached hydrogens (primary N) is 2. The molecule has 28 heavy (non-hydrogen) atoms. The molecule has 6 nitrogen and oxygen atoms in total. The predicted molar refractivity (Wildman–Crippen MR) is 106 cm³/mol. The highest BCUT2D eigenvalue weighted by atomic mass is 32.2. The Balaban J connectivity index is 2.70. The van der Waals surface area contributed by atoms with Gasteiger partial charge in [0.15, 0.2) is 5.82 Å². The van der Waals surface area contributed by atoms with Crippen molar-refractivity contribution < 1.29 is 18.3 Å². The molecule has 2 rings (SSSR count). The van der Waals surface area contributed by atoms with Crippen molar-refractivity contribution in [2.75, 3.05) is 11.5 Å². The van der Waals surface area contributed by atoms with Crippen LogP contribution in [0.4, 0.5) is 19.0 Å². The van der Waals surface area contributed by atoms with Gasteiger partial charge in [-0.25, -0.2) is 9.97 Å². The maximum atomic E-state index is 12.8. The Morgan fingerprint density at radius 3 is 2.43 bits per heavy atom. The van der Waals surface area contributed by atoms with E-state index in [-0.39, 0.29) is 23.1 Å². The van der Waals surface area contributed by atoms with Crippen LogP contribution in [0.3, 0.4) is 0 Å². The monoisotopic (exact) mass is 413 g/mol. The second-order valence-electron chi connectivity index (χ2n) is 6.26. The van der Waals surface area contributed by atoms with Crippen LogP contribution in [0.1, 0.15) is 32.2 Å². The molecule has 0 unspecified atom stereocenters. The first-order chi connectivity index (χ1) is 13.0. The molecule has 0 aliphatic carbocycles. The van der Waals surface area contributed by atoms with E-state index < -0.39 is 11.9 Å². The van der Waals surface area contributed by atoms with Crippen molar-refractivity contribution >= 4 is 29.7 Å². The van der Waals surface area contributed by atoms with Crippen LogP contribution in [0.25, 0.3) is 23.7 Å². The lowest BCUT2D eigenvalue weighted by Gasteiger charge is -2.11. The lowest BCUT2D eigenvalue weighted by atomic mass is 10.2. The van der Waals surface area contributed by atoms with Crippen LogP contribution in [0.15, 0.2) is 22.2 Å². The Hall–Kier alpha value is -2.62. The Morgan fingerprint density at radius 1 is 1.25 bits per heavy atom. The zero-order chi connectivity index (χ0) is 21.2. The van der Waals surface area contributed by atoms with E-state index in [1.807, 2.05) is 20.8 Å². The Labute approximate surface area is 165 Å². The highest BCUT2D eigenvalue weighted by molar-refractivity contribution is 7.99. The molecule has 5 N–H and O–H groups in total. The second kappa shape index (κ2) is 8.17. The third-order valence-electron chi connectivity index (χ3n) is 3.72. The fourth-order valence-electron chi connectivity index (χ4n) is 2.38. The minimum atomic E-state index is -4.68. The number of imidazole rings is 1. The molecule has 2 heterocycles. The lowest BCUT2D eigenvalue weighted by molar-refractivity contribution is -0.0916. The summed E-state index contributed by atoms with van der Waals surface area (Å²) >= 11 is 1.42. The van der Waals surface area contributed by atoms with Crippen molar-refractivity contribution in [2.24, 2.45) is 12.8 Å². The van der Waals surface area contributed by atoms with Gasteiger partial charge in [0, 0.05) is 11.9 Å². The van der Waals surface area contributed by atoms with E-state index in [0.717, 1.165) is 5.57 Å². The van der Waals surface area contributed by atoms with Crippen LogP contribution in [0.2, 0.25) is 0 Å². The number of rotatable bonds is 5. The smallest absolute Gasteiger partial charge is 0.430 e. The van der Waals surface area contributed by atoms with Gasteiger partial charge in [0.1, 0.15) is 34.3 Å². The summed E-state index contributed by atoms with van der Waals surface area (Å²) in [7, 11) is 1.58. The van der Waals surface area contributed by atoms with E-state index in [4.69, 9.17) is 11.5 Å². The average molecular weight is 413 g/mol. The zero-order valence-corrected chi connectivity index (χ0v) is 16.7. The summed E-state index contributed by atoms with van der Waals surface area (Å²) < 4.78 is 39.7. The van der Waals surface area contributed by atoms with Crippen LogP contribution in [0, 0.1) is 0 Å². The SMILES string of the molecule is CCSc1cc(O)c(C=C(C)C)nc1-c1nc(/C=C(\N)C(F)(F)F)c(N)n1C. The third-order valence-corrected chi connectivity index (χ3v) is 4.63. The number of nitrogens with zero attached hydrogens (tertiary/aromatic N) is 3. The van der Waals surface area contributed by atoms with Gasteiger partial charge in [-0.1, -0.05) is 12.5 Å². The van der Waals surface area contributed by atoms with Gasteiger partial charge in [-0.05, 0) is 37.8 Å². The number of allylic oxidation sites excluding steroid dienone is 2. The quantitative estimate of drug-likeness (QED) is 0.636. The van der Waals surface area contributed by atoms with Crippen LogP contribution >= 0.6 is 11.8 Å². The molecule has 0 saturated heterocycles. The van der Waals surface area contributed by atoms with Gasteiger partial charge in [-0.3, -0.25) is 0 Å². The molecule has 0 amide bonds. The number of alkyl halides is 3. The number of pyridine rings is 1. The van der Waals surface area contributed by atoms with Crippen molar-refractivity contribution in [3.63, 3.8) is 0 Å². The molecule has 0 atom stereocenters. The average Bonchev–Trinajstić information content (AvgIpc) is 2.84. The van der Waals surface area contributed by atoms with E-state index in [0.29, 0.717) is 28.1 Å². The standard InChI is InChI=1S/C18H22F3N5OS/c1-5-28-13-8-12(27)10(6-9(2)3)24-15(13)17-25-11(16(23)26(17)4)7-14(22)18(19,20)21/h6-8,27H,5,22-23H2,1-4H3/b14-7-. The number of halogens is 3. The summed E-state index contributed by atoms with van der Waals surface area (Å²) in [6.07, 6.45) is -2.28. The van der Waals surface area contributed by atoms with Gasteiger partial charge >= 0.3 is 6.18 Å². The Morgan fingerprint density at radius 2 is 1.89 bits per heavy atom. The van der Waals surface area contributed by atoms with Gasteiger partial charge in [-0.2, -0.15) is 13.2 Å². The summed E-state index contributed by atoms with van der Waals surface area (Å²) in [4.78, 5) is 9.35. The number of hydrogen-bond acceptors (Lipinski definition) is 6. The highest BCUT2D eigenvalue weighted by Crippen LogP contribution is 2.36. The van der Waals surface area contributed by atoms with Crippen LogP contribution in [-0.4, -0.2) is 31.6 Å². The molecule has 0 fully saturated rings. The predicted octanol–water partition coefficient (Wildman–Crippen LogP) is 4.17. The van der Waals surface area contributed by atoms with Crippen LogP contribution in [-0.2, 0) is 7.05 Å². The summed E-state index contributed by atoms with van der Waals surface area (Å²) in [5, 5.41) is 10.3. The van der Waals surface area contributed by atoms with E-state index in [2.05, 4.69) is 9.97 Å². The summed E-state index contributed by atoms with van der Waals surface area (Å²) in [5.74, 6) is 1.000. The lowest BCUT2D eigenvalue weighted by Crippen LogP contribution is -2.19. The summed E-state index contributed by atoms with van der Waals surface area (Å²) in [5.41, 5.74) is 11.3. The third kappa shape index (κ3) is 4.61. The molecule has 152 valence electrons. The summed E-state index contributed by atoms with van der Waals surface area (Å²) in [6.45, 7) is 5.65. The number of thioether (sulfide) groups is 1. The molecule has 0 aromatic carbocycles. The number of anilines is 1. The number of hydrogen-bond donors (Lipinski definition) is 3. The molecular formula is C18H22F3N5OS. The van der Waals surface area contributed by atoms with Crippen molar-refractivity contribution in [3.8, 4) is 17.3 Å². The molecular weight excluding hydrogens is 391 g/mol. The fraction of sp³-hybridized carbons (Fsp3) is 0.333. The highest BCUT2D eigenvalue weighted by Gasteiger charge is 2.32. The van der Waals surface area contributed by atoms with Crippen molar-refractivity contribution in [3.05, 3.63) is 28.7 Å². The molecule has 2 aromatic heterocycles. The molecule has 0 radical (unpaired) electrons. The topological polar surface area (TPSA) is 103 Å². The van der Waals surface area contributed by atoms with E-state index >= 15 is 0 Å². The molecule has 2 aromatic rings. The van der Waals surface area contributed by atoms with E-state index in [1.54, 1.807) is 19.2 Å². The molecule has 0 spiro atoms. The maximum Gasteiger partial charge on any atom is 0.430 e. The molecule has 0 aliphatic heterocycles. The van der Waals surface area contributed by atoms with Gasteiger partial charge in [0.25, 0.3) is 0 Å². The van der Waals surface area contributed by atoms with Crippen molar-refractivity contribution in [2.45, 2.75) is 31.8 Å². The first-order valence-electron chi connectivity index (χ1n) is 8.34. The number of aromatic nitrogens is 3. The second-order valence-corrected chi connectivity index (χ2v) is 7.56. The Kier molecular flexibility index (Phi) is 6.33. The van der Waals surface area contributed by atoms with Crippen LogP contribution in [0.5, 0.6) is 5.75 Å². The molecule has 0 bridgehead atoms. The number of aromatic hydroxyl groups is 1. The summed E-state index contributed by atoms with van der Waals surface area (Å²) in [6, 6.07) is 1.57. The molecule has 10 heteroatoms. The molecule has 0 aliphatic rings. The van der Waals surface area contributed by atoms with Gasteiger partial charge < -0.3 is 21.1 Å². The molecule has 0 saturated carbocycles. The van der Waals surface area contributed by atoms with Gasteiger partial charge in [0.2, 0.25) is 0 Å². The van der Waals surface area contributed by atoms with Gasteiger partial charge in [0.05, 0.1) is 0 Å². The van der Waals surface area contributed by atoms with E-state index in [1.165, 1.54) is 16.3 Å². The normalized spacial score (nSPS) is 12.3. The van der Waals surface area contributed by atoms with Gasteiger partial charge in [-0.15, -0.1) is 11.8 Å². The Bertz CT molecular complexity index is 944. The van der Waals surface area contributed by atoms with Crippen LogP contribution < -0.4 is 11.5 Å². The largest absolute Gasteiger partial charge is 0.506 e. The first kappa shape index (κ1) is 21.7.